The van der Waals surface area contributed by atoms with Gasteiger partial charge in [-0.05, 0) is 31.2 Å². The zero-order valence-corrected chi connectivity index (χ0v) is 16.8. The number of aromatic nitrogens is 1. The van der Waals surface area contributed by atoms with E-state index in [2.05, 4.69) is 4.72 Å². The van der Waals surface area contributed by atoms with Crippen molar-refractivity contribution in [2.75, 3.05) is 10.5 Å². The maximum atomic E-state index is 14.5. The minimum atomic E-state index is -3.64. The quantitative estimate of drug-likeness (QED) is 0.592. The Bertz CT molecular complexity index is 1130. The predicted octanol–water partition coefficient (Wildman–Crippen LogP) is 3.89. The van der Waals surface area contributed by atoms with Crippen molar-refractivity contribution in [2.24, 2.45) is 7.05 Å². The molecule has 0 unspecified atom stereocenters. The molecule has 3 rings (SSSR count). The smallest absolute Gasteiger partial charge is 0.232 e. The molecule has 152 valence electrons. The Morgan fingerprint density at radius 3 is 2.24 bits per heavy atom. The van der Waals surface area contributed by atoms with Crippen LogP contribution in [-0.2, 0) is 23.5 Å². The van der Waals surface area contributed by atoms with E-state index in [1.165, 1.54) is 6.92 Å². The summed E-state index contributed by atoms with van der Waals surface area (Å²) in [7, 11) is -1.98. The summed E-state index contributed by atoms with van der Waals surface area (Å²) in [4.78, 5) is 12.6. The molecule has 1 N–H and O–H groups in total. The molecule has 0 saturated carbocycles. The number of anilines is 1. The molecule has 0 amide bonds. The minimum absolute atomic E-state index is 0.0863. The summed E-state index contributed by atoms with van der Waals surface area (Å²) in [5.74, 6) is -2.13. The lowest BCUT2D eigenvalue weighted by molar-refractivity contribution is 0.103. The number of benzene rings is 2. The van der Waals surface area contributed by atoms with Crippen LogP contribution in [-0.4, -0.2) is 24.5 Å². The van der Waals surface area contributed by atoms with Crippen molar-refractivity contribution in [1.29, 1.82) is 0 Å². The molecular formula is C21H20F2N2O3S. The Morgan fingerprint density at radius 1 is 1.03 bits per heavy atom. The van der Waals surface area contributed by atoms with Crippen LogP contribution in [0.1, 0.15) is 34.2 Å². The van der Waals surface area contributed by atoms with E-state index < -0.39 is 21.7 Å². The molecule has 0 aliphatic carbocycles. The lowest BCUT2D eigenvalue weighted by Gasteiger charge is -2.11. The first kappa shape index (κ1) is 20.7. The first-order chi connectivity index (χ1) is 13.7. The minimum Gasteiger partial charge on any atom is -0.345 e. The highest BCUT2D eigenvalue weighted by Gasteiger charge is 2.19. The third kappa shape index (κ3) is 4.54. The van der Waals surface area contributed by atoms with Crippen LogP contribution in [0.15, 0.2) is 54.6 Å². The van der Waals surface area contributed by atoms with Gasteiger partial charge in [0, 0.05) is 30.3 Å². The molecule has 0 fully saturated rings. The van der Waals surface area contributed by atoms with Crippen molar-refractivity contribution in [3.8, 4) is 0 Å². The summed E-state index contributed by atoms with van der Waals surface area (Å²) in [6.45, 7) is 1.42. The van der Waals surface area contributed by atoms with Gasteiger partial charge in [0.15, 0.2) is 0 Å². The summed E-state index contributed by atoms with van der Waals surface area (Å²) >= 11 is 0. The molecule has 2 aromatic carbocycles. The average Bonchev–Trinajstić information content (AvgIpc) is 3.05. The Kier molecular flexibility index (Phi) is 5.83. The third-order valence-electron chi connectivity index (χ3n) is 4.65. The molecule has 0 spiro atoms. The van der Waals surface area contributed by atoms with Crippen molar-refractivity contribution in [3.05, 3.63) is 88.7 Å². The van der Waals surface area contributed by atoms with Crippen LogP contribution in [0.3, 0.4) is 0 Å². The summed E-state index contributed by atoms with van der Waals surface area (Å²) in [5.41, 5.74) is 1.09. The topological polar surface area (TPSA) is 68.2 Å². The molecule has 8 heteroatoms. The summed E-state index contributed by atoms with van der Waals surface area (Å²) in [5, 5.41) is 0. The second-order valence-electron chi connectivity index (χ2n) is 6.56. The maximum absolute atomic E-state index is 14.5. The van der Waals surface area contributed by atoms with Crippen molar-refractivity contribution in [3.63, 3.8) is 0 Å². The van der Waals surface area contributed by atoms with E-state index in [0.29, 0.717) is 17.0 Å². The fourth-order valence-corrected chi connectivity index (χ4v) is 3.58. The van der Waals surface area contributed by atoms with Crippen LogP contribution in [0.4, 0.5) is 14.5 Å². The lowest BCUT2D eigenvalue weighted by atomic mass is 10.1. The highest BCUT2D eigenvalue weighted by molar-refractivity contribution is 7.92. The molecule has 5 nitrogen and oxygen atoms in total. The standard InChI is InChI=1S/C21H20F2N2O3S/c1-3-29(27,28)24-15-11-18(22)17(19(23)12-15)13-16-9-10-20(25(16)2)21(26)14-7-5-4-6-8-14/h4-12,24H,3,13H2,1-2H3. The van der Waals surface area contributed by atoms with Crippen LogP contribution in [0, 0.1) is 11.6 Å². The van der Waals surface area contributed by atoms with Gasteiger partial charge in [-0.25, -0.2) is 17.2 Å². The van der Waals surface area contributed by atoms with Gasteiger partial charge in [0.25, 0.3) is 0 Å². The number of nitrogens with one attached hydrogen (secondary N) is 1. The van der Waals surface area contributed by atoms with Gasteiger partial charge in [-0.3, -0.25) is 9.52 Å². The van der Waals surface area contributed by atoms with E-state index in [-0.39, 0.29) is 29.2 Å². The number of carbonyl (C=O) groups excluding carboxylic acids is 1. The SMILES string of the molecule is CCS(=O)(=O)Nc1cc(F)c(Cc2ccc(C(=O)c3ccccc3)n2C)c(F)c1. The highest BCUT2D eigenvalue weighted by atomic mass is 32.2. The van der Waals surface area contributed by atoms with Gasteiger partial charge in [0.2, 0.25) is 15.8 Å². The first-order valence-electron chi connectivity index (χ1n) is 8.94. The molecular weight excluding hydrogens is 398 g/mol. The number of halogens is 2. The number of ketones is 1. The number of sulfonamides is 1. The van der Waals surface area contributed by atoms with Gasteiger partial charge in [-0.1, -0.05) is 30.3 Å². The molecule has 1 heterocycles. The van der Waals surface area contributed by atoms with E-state index >= 15 is 0 Å². The van der Waals surface area contributed by atoms with Crippen molar-refractivity contribution in [2.45, 2.75) is 13.3 Å². The van der Waals surface area contributed by atoms with E-state index in [9.17, 15) is 22.0 Å². The molecule has 1 aromatic heterocycles. The van der Waals surface area contributed by atoms with Crippen LogP contribution >= 0.6 is 0 Å². The first-order valence-corrected chi connectivity index (χ1v) is 10.6. The van der Waals surface area contributed by atoms with Gasteiger partial charge >= 0.3 is 0 Å². The second-order valence-corrected chi connectivity index (χ2v) is 8.58. The van der Waals surface area contributed by atoms with Crippen LogP contribution < -0.4 is 4.72 Å². The lowest BCUT2D eigenvalue weighted by Crippen LogP contribution is -2.15. The van der Waals surface area contributed by atoms with E-state index in [4.69, 9.17) is 0 Å². The Hall–Kier alpha value is -3.00. The zero-order chi connectivity index (χ0) is 21.2. The Balaban J connectivity index is 1.88. The van der Waals surface area contributed by atoms with Crippen LogP contribution in [0.5, 0.6) is 0 Å². The van der Waals surface area contributed by atoms with Crippen molar-refractivity contribution >= 4 is 21.5 Å². The predicted molar refractivity (Wildman–Crippen MR) is 108 cm³/mol. The Morgan fingerprint density at radius 2 is 1.66 bits per heavy atom. The highest BCUT2D eigenvalue weighted by Crippen LogP contribution is 2.24. The number of rotatable bonds is 7. The fraction of sp³-hybridized carbons (Fsp3) is 0.190. The number of carbonyl (C=O) groups is 1. The Labute approximate surface area is 168 Å². The van der Waals surface area contributed by atoms with Crippen molar-refractivity contribution < 1.29 is 22.0 Å². The number of hydrogen-bond acceptors (Lipinski definition) is 3. The molecule has 0 saturated heterocycles. The fourth-order valence-electron chi connectivity index (χ4n) is 2.96. The largest absolute Gasteiger partial charge is 0.345 e. The van der Waals surface area contributed by atoms with E-state index in [0.717, 1.165) is 12.1 Å². The van der Waals surface area contributed by atoms with Crippen molar-refractivity contribution in [1.82, 2.24) is 4.57 Å². The molecule has 0 bridgehead atoms. The molecule has 29 heavy (non-hydrogen) atoms. The average molecular weight is 418 g/mol. The zero-order valence-electron chi connectivity index (χ0n) is 15.9. The summed E-state index contributed by atoms with van der Waals surface area (Å²) in [6.07, 6.45) is -0.0863. The van der Waals surface area contributed by atoms with Gasteiger partial charge in [-0.2, -0.15) is 0 Å². The van der Waals surface area contributed by atoms with Gasteiger partial charge in [0.1, 0.15) is 11.6 Å². The maximum Gasteiger partial charge on any atom is 0.232 e. The summed E-state index contributed by atoms with van der Waals surface area (Å²) in [6, 6.07) is 13.9. The normalized spacial score (nSPS) is 11.4. The molecule has 0 aliphatic heterocycles. The summed E-state index contributed by atoms with van der Waals surface area (Å²) < 4.78 is 55.9. The molecule has 0 atom stereocenters. The molecule has 0 aliphatic rings. The van der Waals surface area contributed by atoms with E-state index in [1.54, 1.807) is 48.0 Å². The number of hydrogen-bond donors (Lipinski definition) is 1. The van der Waals surface area contributed by atoms with Gasteiger partial charge < -0.3 is 4.57 Å². The number of nitrogens with zero attached hydrogens (tertiary/aromatic N) is 1. The van der Waals surface area contributed by atoms with Crippen LogP contribution in [0.25, 0.3) is 0 Å². The van der Waals surface area contributed by atoms with E-state index in [1.807, 2.05) is 6.07 Å². The van der Waals surface area contributed by atoms with Crippen LogP contribution in [0.2, 0.25) is 0 Å². The third-order valence-corrected chi connectivity index (χ3v) is 5.95. The van der Waals surface area contributed by atoms with Gasteiger partial charge in [-0.15, -0.1) is 0 Å². The second kappa shape index (κ2) is 8.16. The molecule has 3 aromatic rings. The van der Waals surface area contributed by atoms with Gasteiger partial charge in [0.05, 0.1) is 17.1 Å². The molecule has 0 radical (unpaired) electrons. The monoisotopic (exact) mass is 418 g/mol.